The zero-order valence-electron chi connectivity index (χ0n) is 15.8. The fraction of sp³-hybridized carbons (Fsp3) is 0.409. The number of ether oxygens (including phenoxy) is 1. The predicted octanol–water partition coefficient (Wildman–Crippen LogP) is 6.02. The molecule has 0 fully saturated rings. The quantitative estimate of drug-likeness (QED) is 0.574. The van der Waals surface area contributed by atoms with Crippen molar-refractivity contribution in [3.8, 4) is 5.75 Å². The molecule has 3 nitrogen and oxygen atoms in total. The molecule has 0 aliphatic carbocycles. The Morgan fingerprint density at radius 1 is 1.19 bits per heavy atom. The van der Waals surface area contributed by atoms with Crippen molar-refractivity contribution in [2.45, 2.75) is 56.1 Å². The molecule has 0 saturated carbocycles. The van der Waals surface area contributed by atoms with E-state index >= 15 is 0 Å². The van der Waals surface area contributed by atoms with Crippen molar-refractivity contribution in [2.75, 3.05) is 5.75 Å². The van der Waals surface area contributed by atoms with Crippen LogP contribution >= 0.6 is 23.4 Å². The van der Waals surface area contributed by atoms with Crippen LogP contribution in [0, 0.1) is 0 Å². The van der Waals surface area contributed by atoms with E-state index in [0.717, 1.165) is 46.2 Å². The van der Waals surface area contributed by atoms with E-state index < -0.39 is 0 Å². The summed E-state index contributed by atoms with van der Waals surface area (Å²) in [6, 6.07) is 15.8. The number of hydrogen-bond acceptors (Lipinski definition) is 3. The number of rotatable bonds is 7. The third kappa shape index (κ3) is 4.99. The number of nitrogens with one attached hydrogen (secondary N) is 1. The summed E-state index contributed by atoms with van der Waals surface area (Å²) in [4.78, 5) is 13.7. The van der Waals surface area contributed by atoms with Crippen molar-refractivity contribution in [3.05, 3.63) is 59.1 Å². The molecule has 1 heterocycles. The number of hydrogen-bond donors (Lipinski definition) is 1. The molecule has 1 atom stereocenters. The minimum Gasteiger partial charge on any atom is -0.487 e. The lowest BCUT2D eigenvalue weighted by atomic mass is 9.83. The van der Waals surface area contributed by atoms with Crippen LogP contribution in [0.5, 0.6) is 5.75 Å². The number of benzene rings is 2. The largest absolute Gasteiger partial charge is 0.487 e. The Hall–Kier alpha value is -1.65. The number of carbonyl (C=O) groups excluding carboxylic acids is 1. The third-order valence-electron chi connectivity index (χ3n) is 5.23. The monoisotopic (exact) mass is 403 g/mol. The molecule has 144 valence electrons. The molecule has 0 saturated heterocycles. The third-order valence-corrected chi connectivity index (χ3v) is 6.50. The number of halogens is 1. The van der Waals surface area contributed by atoms with Crippen LogP contribution in [0.3, 0.4) is 0 Å². The summed E-state index contributed by atoms with van der Waals surface area (Å²) in [6.07, 6.45) is 3.15. The highest BCUT2D eigenvalue weighted by Gasteiger charge is 2.38. The van der Waals surface area contributed by atoms with Gasteiger partial charge in [0.05, 0.1) is 6.04 Å². The van der Waals surface area contributed by atoms with Gasteiger partial charge in [-0.3, -0.25) is 4.79 Å². The molecule has 0 spiro atoms. The van der Waals surface area contributed by atoms with Gasteiger partial charge in [0.2, 0.25) is 5.91 Å². The molecule has 1 N–H and O–H groups in total. The summed E-state index contributed by atoms with van der Waals surface area (Å²) >= 11 is 7.58. The number of amides is 1. The zero-order chi connectivity index (χ0) is 19.3. The van der Waals surface area contributed by atoms with Gasteiger partial charge in [-0.1, -0.05) is 43.6 Å². The highest BCUT2D eigenvalue weighted by atomic mass is 35.5. The molecule has 27 heavy (non-hydrogen) atoms. The second-order valence-corrected chi connectivity index (χ2v) is 8.51. The van der Waals surface area contributed by atoms with E-state index in [2.05, 4.69) is 25.2 Å². The van der Waals surface area contributed by atoms with Crippen LogP contribution in [0.4, 0.5) is 0 Å². The molecule has 3 rings (SSSR count). The van der Waals surface area contributed by atoms with E-state index in [1.54, 1.807) is 11.8 Å². The normalized spacial score (nSPS) is 17.7. The Kier molecular flexibility index (Phi) is 6.72. The summed E-state index contributed by atoms with van der Waals surface area (Å²) in [7, 11) is 0. The molecule has 1 aliphatic rings. The minimum atomic E-state index is -0.204. The van der Waals surface area contributed by atoms with E-state index in [-0.39, 0.29) is 17.6 Å². The summed E-state index contributed by atoms with van der Waals surface area (Å²) in [5.74, 6) is 1.72. The first-order chi connectivity index (χ1) is 13.0. The molecule has 1 aliphatic heterocycles. The maximum absolute atomic E-state index is 12.6. The van der Waals surface area contributed by atoms with E-state index in [9.17, 15) is 4.79 Å². The fourth-order valence-electron chi connectivity index (χ4n) is 3.49. The average Bonchev–Trinajstić information content (AvgIpc) is 2.69. The Labute approximate surface area is 170 Å². The summed E-state index contributed by atoms with van der Waals surface area (Å²) in [5, 5.41) is 3.97. The Bertz CT molecular complexity index is 774. The first kappa shape index (κ1) is 20.1. The van der Waals surface area contributed by atoms with Crippen LogP contribution in [-0.2, 0) is 4.79 Å². The maximum Gasteiger partial charge on any atom is 0.221 e. The first-order valence-corrected chi connectivity index (χ1v) is 10.9. The first-order valence-electron chi connectivity index (χ1n) is 9.51. The predicted molar refractivity (Wildman–Crippen MR) is 113 cm³/mol. The number of fused-ring (bicyclic) bond motifs is 1. The standard InChI is InChI=1S/C22H26ClNO2S/c1-3-22(4-2)15-19(18-7-5-6-8-20(18)26-22)24-21(25)13-14-27-17-11-9-16(23)10-12-17/h5-12,19H,3-4,13-15H2,1-2H3,(H,24,25)/t19-/m1/s1. The molecule has 0 unspecified atom stereocenters. The molecular formula is C22H26ClNO2S. The van der Waals surface area contributed by atoms with Crippen molar-refractivity contribution < 1.29 is 9.53 Å². The second-order valence-electron chi connectivity index (χ2n) is 6.91. The van der Waals surface area contributed by atoms with Crippen LogP contribution < -0.4 is 10.1 Å². The van der Waals surface area contributed by atoms with Gasteiger partial charge in [-0.25, -0.2) is 0 Å². The van der Waals surface area contributed by atoms with Crippen LogP contribution in [0.2, 0.25) is 5.02 Å². The SMILES string of the molecule is CCC1(CC)C[C@@H](NC(=O)CCSc2ccc(Cl)cc2)c2ccccc2O1. The van der Waals surface area contributed by atoms with Gasteiger partial charge in [-0.2, -0.15) is 0 Å². The molecule has 0 bridgehead atoms. The summed E-state index contributed by atoms with van der Waals surface area (Å²) in [5.41, 5.74) is 0.874. The number of carbonyl (C=O) groups is 1. The van der Waals surface area contributed by atoms with Gasteiger partial charge >= 0.3 is 0 Å². The van der Waals surface area contributed by atoms with Crippen LogP contribution in [0.15, 0.2) is 53.4 Å². The van der Waals surface area contributed by atoms with Gasteiger partial charge in [0.15, 0.2) is 0 Å². The van der Waals surface area contributed by atoms with Gasteiger partial charge < -0.3 is 10.1 Å². The Balaban J connectivity index is 1.61. The molecule has 0 radical (unpaired) electrons. The van der Waals surface area contributed by atoms with Crippen molar-refractivity contribution in [2.24, 2.45) is 0 Å². The molecule has 0 aromatic heterocycles. The smallest absolute Gasteiger partial charge is 0.221 e. The van der Waals surface area contributed by atoms with Gasteiger partial charge in [-0.15, -0.1) is 11.8 Å². The van der Waals surface area contributed by atoms with E-state index in [1.165, 1.54) is 0 Å². The van der Waals surface area contributed by atoms with Crippen molar-refractivity contribution in [1.82, 2.24) is 5.32 Å². The summed E-state index contributed by atoms with van der Waals surface area (Å²) < 4.78 is 6.31. The average molecular weight is 404 g/mol. The highest BCUT2D eigenvalue weighted by molar-refractivity contribution is 7.99. The lowest BCUT2D eigenvalue weighted by Crippen LogP contribution is -2.44. The van der Waals surface area contributed by atoms with Gasteiger partial charge in [0.1, 0.15) is 11.4 Å². The second kappa shape index (κ2) is 9.03. The van der Waals surface area contributed by atoms with Crippen LogP contribution in [0.1, 0.15) is 51.1 Å². The lowest BCUT2D eigenvalue weighted by Gasteiger charge is -2.41. The van der Waals surface area contributed by atoms with Crippen molar-refractivity contribution in [3.63, 3.8) is 0 Å². The molecule has 2 aromatic carbocycles. The van der Waals surface area contributed by atoms with Gasteiger partial charge in [-0.05, 0) is 43.2 Å². The van der Waals surface area contributed by atoms with Crippen molar-refractivity contribution >= 4 is 29.3 Å². The summed E-state index contributed by atoms with van der Waals surface area (Å²) in [6.45, 7) is 4.30. The topological polar surface area (TPSA) is 38.3 Å². The Morgan fingerprint density at radius 2 is 1.89 bits per heavy atom. The zero-order valence-corrected chi connectivity index (χ0v) is 17.4. The number of thioether (sulfide) groups is 1. The molecule has 1 amide bonds. The molecule has 5 heteroatoms. The Morgan fingerprint density at radius 3 is 2.59 bits per heavy atom. The van der Waals surface area contributed by atoms with Crippen molar-refractivity contribution in [1.29, 1.82) is 0 Å². The maximum atomic E-state index is 12.6. The number of para-hydroxylation sites is 1. The lowest BCUT2D eigenvalue weighted by molar-refractivity contribution is -0.122. The highest BCUT2D eigenvalue weighted by Crippen LogP contribution is 2.42. The van der Waals surface area contributed by atoms with Gasteiger partial charge in [0.25, 0.3) is 0 Å². The van der Waals surface area contributed by atoms with E-state index in [4.69, 9.17) is 16.3 Å². The molecular weight excluding hydrogens is 378 g/mol. The minimum absolute atomic E-state index is 0.00267. The van der Waals surface area contributed by atoms with E-state index in [1.807, 2.05) is 42.5 Å². The van der Waals surface area contributed by atoms with E-state index in [0.29, 0.717) is 6.42 Å². The van der Waals surface area contributed by atoms with Crippen LogP contribution in [0.25, 0.3) is 0 Å². The molecule has 2 aromatic rings. The van der Waals surface area contributed by atoms with Gasteiger partial charge in [0, 0.05) is 34.1 Å². The fourth-order valence-corrected chi connectivity index (χ4v) is 4.47. The van der Waals surface area contributed by atoms with Crippen LogP contribution in [-0.4, -0.2) is 17.3 Å².